The summed E-state index contributed by atoms with van der Waals surface area (Å²) in [5.74, 6) is -0.782. The summed E-state index contributed by atoms with van der Waals surface area (Å²) in [5, 5.41) is 0.618. The first kappa shape index (κ1) is 21.0. The summed E-state index contributed by atoms with van der Waals surface area (Å²) in [6.07, 6.45) is 7.06. The smallest absolute Gasteiger partial charge is 0.273 e. The molecule has 2 heterocycles. The van der Waals surface area contributed by atoms with Gasteiger partial charge >= 0.3 is 0 Å². The number of aromatic nitrogens is 2. The van der Waals surface area contributed by atoms with E-state index in [0.717, 1.165) is 50.6 Å². The zero-order chi connectivity index (χ0) is 22.5. The maximum Gasteiger partial charge on any atom is 0.273 e. The Morgan fingerprint density at radius 2 is 1.88 bits per heavy atom. The predicted molar refractivity (Wildman–Crippen MR) is 119 cm³/mol. The van der Waals surface area contributed by atoms with E-state index in [1.54, 1.807) is 6.07 Å². The average molecular weight is 456 g/mol. The number of nitrogens with two attached hydrogens (primary N) is 1. The second-order valence-electron chi connectivity index (χ2n) is 9.13. The van der Waals surface area contributed by atoms with E-state index in [1.807, 2.05) is 28.0 Å². The van der Waals surface area contributed by atoms with Crippen molar-refractivity contribution in [3.8, 4) is 0 Å². The number of carbonyl (C=O) groups excluding carboxylic acids is 3. The van der Waals surface area contributed by atoms with Crippen molar-refractivity contribution in [2.75, 3.05) is 11.4 Å². The fourth-order valence-corrected chi connectivity index (χ4v) is 5.55. The Hall–Kier alpha value is -2.87. The molecule has 1 saturated heterocycles. The summed E-state index contributed by atoms with van der Waals surface area (Å²) in [7, 11) is 0. The molecule has 0 unspecified atom stereocenters. The van der Waals surface area contributed by atoms with Crippen molar-refractivity contribution in [1.29, 1.82) is 0 Å². The molecule has 0 radical (unpaired) electrons. The molecule has 3 amide bonds. The second kappa shape index (κ2) is 7.92. The minimum atomic E-state index is -0.717. The molecule has 1 spiro atoms. The number of aromatic amines is 1. The summed E-state index contributed by atoms with van der Waals surface area (Å²) in [4.78, 5) is 48.8. The zero-order valence-corrected chi connectivity index (χ0v) is 18.5. The third-order valence-electron chi connectivity index (χ3n) is 7.20. The number of hydrogen-bond donors (Lipinski definition) is 2. The van der Waals surface area contributed by atoms with Gasteiger partial charge in [0.05, 0.1) is 11.7 Å². The van der Waals surface area contributed by atoms with Crippen molar-refractivity contribution < 1.29 is 14.4 Å². The van der Waals surface area contributed by atoms with Crippen molar-refractivity contribution in [3.63, 3.8) is 0 Å². The number of nitrogens with zero attached hydrogens (tertiary/aromatic N) is 3. The van der Waals surface area contributed by atoms with Gasteiger partial charge in [-0.25, -0.2) is 4.98 Å². The summed E-state index contributed by atoms with van der Waals surface area (Å²) in [6.45, 7) is 0.686. The van der Waals surface area contributed by atoms with Crippen molar-refractivity contribution in [3.05, 3.63) is 47.0 Å². The number of anilines is 1. The molecule has 8 nitrogen and oxygen atoms in total. The van der Waals surface area contributed by atoms with E-state index >= 15 is 0 Å². The van der Waals surface area contributed by atoms with Crippen LogP contribution >= 0.6 is 11.6 Å². The topological polar surface area (TPSA) is 112 Å². The number of benzene rings is 1. The first-order valence-electron chi connectivity index (χ1n) is 11.1. The maximum atomic E-state index is 13.4. The van der Waals surface area contributed by atoms with Gasteiger partial charge in [-0.1, -0.05) is 17.7 Å². The van der Waals surface area contributed by atoms with Gasteiger partial charge in [0.1, 0.15) is 5.69 Å². The van der Waals surface area contributed by atoms with Crippen molar-refractivity contribution in [1.82, 2.24) is 14.9 Å². The van der Waals surface area contributed by atoms with Crippen LogP contribution in [0.1, 0.15) is 65.9 Å². The van der Waals surface area contributed by atoms with E-state index in [-0.39, 0.29) is 40.7 Å². The monoisotopic (exact) mass is 455 g/mol. The molecule has 1 aromatic heterocycles. The van der Waals surface area contributed by atoms with Gasteiger partial charge in [-0.05, 0) is 63.1 Å². The van der Waals surface area contributed by atoms with E-state index in [1.165, 1.54) is 6.33 Å². The van der Waals surface area contributed by atoms with Gasteiger partial charge in [0.15, 0.2) is 5.69 Å². The Kier molecular flexibility index (Phi) is 5.20. The number of imidazole rings is 1. The molecule has 3 aliphatic rings. The number of H-pyrrole nitrogens is 1. The van der Waals surface area contributed by atoms with Crippen LogP contribution in [0.15, 0.2) is 30.6 Å². The van der Waals surface area contributed by atoms with E-state index in [2.05, 4.69) is 9.97 Å². The van der Waals surface area contributed by atoms with Gasteiger partial charge in [-0.2, -0.15) is 0 Å². The quantitative estimate of drug-likeness (QED) is 0.721. The Balaban J connectivity index is 1.31. The Labute approximate surface area is 191 Å². The van der Waals surface area contributed by atoms with Crippen LogP contribution in [-0.2, 0) is 4.79 Å². The van der Waals surface area contributed by atoms with E-state index in [9.17, 15) is 14.4 Å². The van der Waals surface area contributed by atoms with Crippen LogP contribution in [0.4, 0.5) is 5.69 Å². The molecule has 2 saturated carbocycles. The van der Waals surface area contributed by atoms with Gasteiger partial charge < -0.3 is 20.5 Å². The fraction of sp³-hybridized carbons (Fsp3) is 0.478. The normalized spacial score (nSPS) is 25.3. The third kappa shape index (κ3) is 3.56. The SMILES string of the molecule is NC(=O)c1nc[nH]c1C(=O)N(C1CC1)C1CCC2(CC1)CCN(c1cccc(Cl)c1)C2=O. The van der Waals surface area contributed by atoms with E-state index in [0.29, 0.717) is 11.6 Å². The molecule has 0 atom stereocenters. The lowest BCUT2D eigenvalue weighted by atomic mass is 9.71. The largest absolute Gasteiger partial charge is 0.364 e. The first-order valence-corrected chi connectivity index (χ1v) is 11.5. The summed E-state index contributed by atoms with van der Waals surface area (Å²) in [6, 6.07) is 7.63. The minimum absolute atomic E-state index is 0.0175. The van der Waals surface area contributed by atoms with Gasteiger partial charge in [0.25, 0.3) is 11.8 Å². The number of carbonyl (C=O) groups is 3. The Morgan fingerprint density at radius 1 is 1.16 bits per heavy atom. The van der Waals surface area contributed by atoms with Crippen LogP contribution in [0.5, 0.6) is 0 Å². The van der Waals surface area contributed by atoms with Crippen LogP contribution in [-0.4, -0.2) is 51.2 Å². The number of halogens is 1. The molecule has 1 aliphatic heterocycles. The van der Waals surface area contributed by atoms with Gasteiger partial charge in [0, 0.05) is 29.3 Å². The van der Waals surface area contributed by atoms with E-state index in [4.69, 9.17) is 17.3 Å². The lowest BCUT2D eigenvalue weighted by Gasteiger charge is -2.41. The van der Waals surface area contributed by atoms with Crippen LogP contribution in [0.2, 0.25) is 5.02 Å². The van der Waals surface area contributed by atoms with Gasteiger partial charge in [-0.3, -0.25) is 14.4 Å². The second-order valence-corrected chi connectivity index (χ2v) is 9.57. The first-order chi connectivity index (χ1) is 15.4. The summed E-state index contributed by atoms with van der Waals surface area (Å²) < 4.78 is 0. The van der Waals surface area contributed by atoms with Gasteiger partial charge in [0.2, 0.25) is 5.91 Å². The highest BCUT2D eigenvalue weighted by atomic mass is 35.5. The summed E-state index contributed by atoms with van der Waals surface area (Å²) >= 11 is 6.13. The lowest BCUT2D eigenvalue weighted by Crippen LogP contribution is -2.47. The number of primary amides is 1. The minimum Gasteiger partial charge on any atom is -0.364 e. The molecule has 3 fully saturated rings. The zero-order valence-electron chi connectivity index (χ0n) is 17.7. The number of hydrogen-bond acceptors (Lipinski definition) is 4. The molecule has 2 aromatic rings. The van der Waals surface area contributed by atoms with Crippen molar-refractivity contribution in [2.24, 2.45) is 11.1 Å². The molecule has 1 aromatic carbocycles. The molecule has 32 heavy (non-hydrogen) atoms. The fourth-order valence-electron chi connectivity index (χ4n) is 5.36. The lowest BCUT2D eigenvalue weighted by molar-refractivity contribution is -0.127. The van der Waals surface area contributed by atoms with Crippen LogP contribution in [0.25, 0.3) is 0 Å². The molecular weight excluding hydrogens is 430 g/mol. The Bertz CT molecular complexity index is 1070. The molecule has 2 aliphatic carbocycles. The predicted octanol–water partition coefficient (Wildman–Crippen LogP) is 3.13. The number of amides is 3. The highest BCUT2D eigenvalue weighted by molar-refractivity contribution is 6.31. The highest BCUT2D eigenvalue weighted by Gasteiger charge is 2.51. The van der Waals surface area contributed by atoms with Gasteiger partial charge in [-0.15, -0.1) is 0 Å². The van der Waals surface area contributed by atoms with Crippen molar-refractivity contribution >= 4 is 35.0 Å². The molecule has 5 rings (SSSR count). The van der Waals surface area contributed by atoms with Crippen LogP contribution in [0.3, 0.4) is 0 Å². The van der Waals surface area contributed by atoms with Crippen LogP contribution < -0.4 is 10.6 Å². The molecule has 0 bridgehead atoms. The standard InChI is InChI=1S/C23H26ClN5O3/c24-14-2-1-3-17(12-14)28-11-10-23(22(28)32)8-6-16(7-9-23)29(15-4-5-15)21(31)19-18(20(25)30)26-13-27-19/h1-3,12-13,15-16H,4-11H2,(H2,25,30)(H,26,27). The molecular formula is C23H26ClN5O3. The molecule has 168 valence electrons. The maximum absolute atomic E-state index is 13.4. The average Bonchev–Trinajstić information content (AvgIpc) is 3.38. The van der Waals surface area contributed by atoms with E-state index < -0.39 is 5.91 Å². The Morgan fingerprint density at radius 3 is 2.53 bits per heavy atom. The number of rotatable bonds is 5. The number of nitrogens with one attached hydrogen (secondary N) is 1. The summed E-state index contributed by atoms with van der Waals surface area (Å²) in [5.41, 5.74) is 6.00. The molecule has 9 heteroatoms. The molecule has 3 N–H and O–H groups in total. The van der Waals surface area contributed by atoms with Crippen molar-refractivity contribution in [2.45, 2.75) is 57.0 Å². The van der Waals surface area contributed by atoms with Crippen LogP contribution in [0, 0.1) is 5.41 Å². The highest BCUT2D eigenvalue weighted by Crippen LogP contribution is 2.48. The third-order valence-corrected chi connectivity index (χ3v) is 7.43.